The first-order chi connectivity index (χ1) is 6.74. The van der Waals surface area contributed by atoms with Crippen molar-refractivity contribution in [2.45, 2.75) is 44.9 Å². The molecule has 0 radical (unpaired) electrons. The first kappa shape index (κ1) is 14.3. The lowest BCUT2D eigenvalue weighted by atomic mass is 10.3. The SMILES string of the molecule is CCCNC(COC)CSC(C)CC. The summed E-state index contributed by atoms with van der Waals surface area (Å²) in [4.78, 5) is 0. The molecule has 3 heteroatoms. The Kier molecular flexibility index (Phi) is 10.0. The summed E-state index contributed by atoms with van der Waals surface area (Å²) >= 11 is 2.03. The Bertz CT molecular complexity index is 122. The van der Waals surface area contributed by atoms with E-state index in [4.69, 9.17) is 4.74 Å². The Morgan fingerprint density at radius 1 is 1.36 bits per heavy atom. The van der Waals surface area contributed by atoms with Crippen molar-refractivity contribution in [3.05, 3.63) is 0 Å². The minimum Gasteiger partial charge on any atom is -0.383 e. The molecule has 0 aliphatic rings. The van der Waals surface area contributed by atoms with E-state index in [1.807, 2.05) is 11.8 Å². The lowest BCUT2D eigenvalue weighted by molar-refractivity contribution is 0.174. The molecule has 0 saturated carbocycles. The van der Waals surface area contributed by atoms with Crippen LogP contribution < -0.4 is 5.32 Å². The van der Waals surface area contributed by atoms with Crippen LogP contribution in [-0.4, -0.2) is 37.3 Å². The van der Waals surface area contributed by atoms with Gasteiger partial charge in [-0.2, -0.15) is 11.8 Å². The zero-order valence-electron chi connectivity index (χ0n) is 10.0. The van der Waals surface area contributed by atoms with Gasteiger partial charge >= 0.3 is 0 Å². The summed E-state index contributed by atoms with van der Waals surface area (Å²) in [6.45, 7) is 8.63. The van der Waals surface area contributed by atoms with Gasteiger partial charge in [-0.05, 0) is 19.4 Å². The molecule has 1 N–H and O–H groups in total. The van der Waals surface area contributed by atoms with E-state index in [9.17, 15) is 0 Å². The molecule has 0 heterocycles. The van der Waals surface area contributed by atoms with Gasteiger partial charge < -0.3 is 10.1 Å². The third kappa shape index (κ3) is 7.65. The third-order valence-electron chi connectivity index (χ3n) is 2.21. The van der Waals surface area contributed by atoms with E-state index >= 15 is 0 Å². The maximum absolute atomic E-state index is 5.19. The molecule has 14 heavy (non-hydrogen) atoms. The van der Waals surface area contributed by atoms with Gasteiger partial charge in [-0.3, -0.25) is 0 Å². The number of methoxy groups -OCH3 is 1. The molecule has 0 aliphatic carbocycles. The number of thioether (sulfide) groups is 1. The molecule has 2 atom stereocenters. The molecule has 2 unspecified atom stereocenters. The number of nitrogens with one attached hydrogen (secondary N) is 1. The molecule has 0 amide bonds. The first-order valence-electron chi connectivity index (χ1n) is 5.58. The third-order valence-corrected chi connectivity index (χ3v) is 3.70. The van der Waals surface area contributed by atoms with Gasteiger partial charge in [-0.15, -0.1) is 0 Å². The van der Waals surface area contributed by atoms with Gasteiger partial charge in [0.1, 0.15) is 0 Å². The smallest absolute Gasteiger partial charge is 0.0623 e. The van der Waals surface area contributed by atoms with Crippen molar-refractivity contribution in [3.63, 3.8) is 0 Å². The largest absolute Gasteiger partial charge is 0.383 e. The van der Waals surface area contributed by atoms with Crippen molar-refractivity contribution >= 4 is 11.8 Å². The van der Waals surface area contributed by atoms with E-state index in [1.165, 1.54) is 12.8 Å². The van der Waals surface area contributed by atoms with Crippen LogP contribution in [0, 0.1) is 0 Å². The van der Waals surface area contributed by atoms with E-state index in [1.54, 1.807) is 7.11 Å². The Balaban J connectivity index is 3.60. The van der Waals surface area contributed by atoms with Gasteiger partial charge in [0.15, 0.2) is 0 Å². The predicted octanol–water partition coefficient (Wildman–Crippen LogP) is 2.53. The lowest BCUT2D eigenvalue weighted by Gasteiger charge is -2.19. The van der Waals surface area contributed by atoms with Crippen LogP contribution in [0.5, 0.6) is 0 Å². The highest BCUT2D eigenvalue weighted by molar-refractivity contribution is 7.99. The Hall–Kier alpha value is 0.270. The van der Waals surface area contributed by atoms with Gasteiger partial charge in [0.25, 0.3) is 0 Å². The first-order valence-corrected chi connectivity index (χ1v) is 6.63. The fraction of sp³-hybridized carbons (Fsp3) is 1.00. The van der Waals surface area contributed by atoms with Crippen LogP contribution in [0.4, 0.5) is 0 Å². The maximum atomic E-state index is 5.19. The summed E-state index contributed by atoms with van der Waals surface area (Å²) in [5.41, 5.74) is 0. The minimum atomic E-state index is 0.513. The van der Waals surface area contributed by atoms with E-state index < -0.39 is 0 Å². The van der Waals surface area contributed by atoms with Crippen molar-refractivity contribution in [2.75, 3.05) is 26.0 Å². The van der Waals surface area contributed by atoms with Crippen LogP contribution >= 0.6 is 11.8 Å². The van der Waals surface area contributed by atoms with Crippen molar-refractivity contribution in [3.8, 4) is 0 Å². The predicted molar refractivity (Wildman–Crippen MR) is 66.2 cm³/mol. The van der Waals surface area contributed by atoms with Crippen LogP contribution in [-0.2, 0) is 4.74 Å². The number of ether oxygens (including phenoxy) is 1. The summed E-state index contributed by atoms with van der Waals surface area (Å²) in [6, 6.07) is 0.513. The summed E-state index contributed by atoms with van der Waals surface area (Å²) in [7, 11) is 1.77. The van der Waals surface area contributed by atoms with E-state index in [0.717, 1.165) is 24.2 Å². The molecule has 0 saturated heterocycles. The lowest BCUT2D eigenvalue weighted by Crippen LogP contribution is -2.36. The highest BCUT2D eigenvalue weighted by atomic mass is 32.2. The Morgan fingerprint density at radius 2 is 2.07 bits per heavy atom. The second kappa shape index (κ2) is 9.81. The van der Waals surface area contributed by atoms with Gasteiger partial charge in [0.05, 0.1) is 6.61 Å². The summed E-state index contributed by atoms with van der Waals surface area (Å²) < 4.78 is 5.19. The normalized spacial score (nSPS) is 15.4. The van der Waals surface area contributed by atoms with Crippen LogP contribution in [0.2, 0.25) is 0 Å². The molecule has 0 aromatic carbocycles. The monoisotopic (exact) mass is 219 g/mol. The minimum absolute atomic E-state index is 0.513. The number of hydrogen-bond donors (Lipinski definition) is 1. The zero-order valence-corrected chi connectivity index (χ0v) is 10.8. The second-order valence-electron chi connectivity index (χ2n) is 3.66. The molecule has 0 aliphatic heterocycles. The molecule has 0 spiro atoms. The fourth-order valence-electron chi connectivity index (χ4n) is 1.11. The molecule has 0 aromatic rings. The quantitative estimate of drug-likeness (QED) is 0.644. The number of rotatable bonds is 9. The Labute approximate surface area is 93.2 Å². The van der Waals surface area contributed by atoms with Crippen LogP contribution in [0.15, 0.2) is 0 Å². The van der Waals surface area contributed by atoms with E-state index in [2.05, 4.69) is 26.1 Å². The molecule has 0 fully saturated rings. The second-order valence-corrected chi connectivity index (χ2v) is 5.13. The zero-order chi connectivity index (χ0) is 10.8. The molecule has 86 valence electrons. The van der Waals surface area contributed by atoms with Crippen molar-refractivity contribution in [1.29, 1.82) is 0 Å². The molecule has 0 rings (SSSR count). The van der Waals surface area contributed by atoms with Crippen molar-refractivity contribution in [1.82, 2.24) is 5.32 Å². The molecule has 0 bridgehead atoms. The average Bonchev–Trinajstić information content (AvgIpc) is 2.21. The van der Waals surface area contributed by atoms with E-state index in [0.29, 0.717) is 6.04 Å². The van der Waals surface area contributed by atoms with Gasteiger partial charge in [-0.25, -0.2) is 0 Å². The number of hydrogen-bond acceptors (Lipinski definition) is 3. The average molecular weight is 219 g/mol. The maximum Gasteiger partial charge on any atom is 0.0623 e. The van der Waals surface area contributed by atoms with Crippen molar-refractivity contribution in [2.24, 2.45) is 0 Å². The molecular formula is C11H25NOS. The van der Waals surface area contributed by atoms with Crippen LogP contribution in [0.1, 0.15) is 33.6 Å². The molecule has 0 aromatic heterocycles. The van der Waals surface area contributed by atoms with E-state index in [-0.39, 0.29) is 0 Å². The molecule has 2 nitrogen and oxygen atoms in total. The fourth-order valence-corrected chi connectivity index (χ4v) is 2.12. The van der Waals surface area contributed by atoms with Gasteiger partial charge in [0.2, 0.25) is 0 Å². The highest BCUT2D eigenvalue weighted by Gasteiger charge is 2.09. The van der Waals surface area contributed by atoms with Gasteiger partial charge in [-0.1, -0.05) is 20.8 Å². The standard InChI is InChI=1S/C11H25NOS/c1-5-7-12-11(8-13-4)9-14-10(3)6-2/h10-12H,5-9H2,1-4H3. The van der Waals surface area contributed by atoms with Crippen LogP contribution in [0.3, 0.4) is 0 Å². The summed E-state index contributed by atoms with van der Waals surface area (Å²) in [6.07, 6.45) is 2.44. The molecular weight excluding hydrogens is 194 g/mol. The summed E-state index contributed by atoms with van der Waals surface area (Å²) in [5.74, 6) is 1.16. The van der Waals surface area contributed by atoms with Crippen LogP contribution in [0.25, 0.3) is 0 Å². The van der Waals surface area contributed by atoms with Gasteiger partial charge in [0, 0.05) is 24.2 Å². The summed E-state index contributed by atoms with van der Waals surface area (Å²) in [5, 5.41) is 4.27. The highest BCUT2D eigenvalue weighted by Crippen LogP contribution is 2.14. The Morgan fingerprint density at radius 3 is 2.57 bits per heavy atom. The van der Waals surface area contributed by atoms with Crippen molar-refractivity contribution < 1.29 is 4.74 Å². The topological polar surface area (TPSA) is 21.3 Å².